The predicted octanol–water partition coefficient (Wildman–Crippen LogP) is 1.51. The molecule has 0 bridgehead atoms. The second-order valence-electron chi connectivity index (χ2n) is 3.02. The van der Waals surface area contributed by atoms with Gasteiger partial charge in [0.05, 0.1) is 0 Å². The van der Waals surface area contributed by atoms with E-state index in [0.29, 0.717) is 6.42 Å². The van der Waals surface area contributed by atoms with Gasteiger partial charge in [-0.25, -0.2) is 0 Å². The van der Waals surface area contributed by atoms with Gasteiger partial charge in [-0.1, -0.05) is 24.3 Å². The van der Waals surface area contributed by atoms with E-state index in [2.05, 4.69) is 0 Å². The zero-order valence-corrected chi connectivity index (χ0v) is 8.56. The topological polar surface area (TPSA) is 38.7 Å². The molecule has 1 rings (SSSR count). The van der Waals surface area contributed by atoms with Crippen molar-refractivity contribution >= 4 is 0 Å². The third-order valence-corrected chi connectivity index (χ3v) is 2.08. The Morgan fingerprint density at radius 2 is 1.71 bits per heavy atom. The molecule has 0 spiro atoms. The van der Waals surface area contributed by atoms with Gasteiger partial charge in [0.15, 0.2) is 6.29 Å². The van der Waals surface area contributed by atoms with E-state index in [9.17, 15) is 0 Å². The molecule has 78 valence electrons. The van der Waals surface area contributed by atoms with Crippen LogP contribution in [0.4, 0.5) is 0 Å². The number of methoxy groups -OCH3 is 2. The van der Waals surface area contributed by atoms with Crippen molar-refractivity contribution in [1.29, 1.82) is 0 Å². The van der Waals surface area contributed by atoms with Crippen molar-refractivity contribution in [3.05, 3.63) is 35.4 Å². The van der Waals surface area contributed by atoms with Gasteiger partial charge in [-0.15, -0.1) is 0 Å². The molecule has 0 heterocycles. The summed E-state index contributed by atoms with van der Waals surface area (Å²) >= 11 is 0. The fourth-order valence-electron chi connectivity index (χ4n) is 1.34. The molecule has 0 fully saturated rings. The Morgan fingerprint density at radius 1 is 1.14 bits per heavy atom. The van der Waals surface area contributed by atoms with Gasteiger partial charge < -0.3 is 14.6 Å². The molecule has 0 radical (unpaired) electrons. The molecular formula is C11H16O3. The molecule has 0 saturated heterocycles. The van der Waals surface area contributed by atoms with Crippen LogP contribution in [0, 0.1) is 0 Å². The first-order chi connectivity index (χ1) is 6.81. The minimum absolute atomic E-state index is 0.178. The summed E-state index contributed by atoms with van der Waals surface area (Å²) in [5, 5.41) is 8.74. The molecule has 1 aromatic carbocycles. The lowest BCUT2D eigenvalue weighted by atomic mass is 10.1. The van der Waals surface area contributed by atoms with Gasteiger partial charge in [-0.05, 0) is 12.0 Å². The van der Waals surface area contributed by atoms with Gasteiger partial charge in [-0.2, -0.15) is 0 Å². The first kappa shape index (κ1) is 11.2. The number of hydrogen-bond acceptors (Lipinski definition) is 3. The molecular weight excluding hydrogens is 180 g/mol. The maximum absolute atomic E-state index is 8.74. The van der Waals surface area contributed by atoms with E-state index in [1.807, 2.05) is 24.3 Å². The summed E-state index contributed by atoms with van der Waals surface area (Å²) in [6.07, 6.45) is 0.378. The molecule has 0 aromatic heterocycles. The summed E-state index contributed by atoms with van der Waals surface area (Å²) in [7, 11) is 3.21. The summed E-state index contributed by atoms with van der Waals surface area (Å²) in [5.41, 5.74) is 2.10. The van der Waals surface area contributed by atoms with E-state index in [1.165, 1.54) is 0 Å². The second kappa shape index (κ2) is 5.75. The van der Waals surface area contributed by atoms with Crippen LogP contribution in [0.3, 0.4) is 0 Å². The monoisotopic (exact) mass is 196 g/mol. The number of aliphatic hydroxyl groups excluding tert-OH is 1. The quantitative estimate of drug-likeness (QED) is 0.725. The Kier molecular flexibility index (Phi) is 4.59. The maximum atomic E-state index is 8.74. The molecule has 3 nitrogen and oxygen atoms in total. The van der Waals surface area contributed by atoms with Gasteiger partial charge in [0.1, 0.15) is 0 Å². The zero-order chi connectivity index (χ0) is 10.4. The molecule has 0 aliphatic rings. The zero-order valence-electron chi connectivity index (χ0n) is 8.56. The number of hydrogen-bond donors (Lipinski definition) is 1. The largest absolute Gasteiger partial charge is 0.396 e. The molecule has 0 saturated carbocycles. The van der Waals surface area contributed by atoms with Crippen molar-refractivity contribution in [2.75, 3.05) is 20.8 Å². The molecule has 0 aliphatic heterocycles. The summed E-state index contributed by atoms with van der Waals surface area (Å²) in [6.45, 7) is 0.178. The van der Waals surface area contributed by atoms with Gasteiger partial charge >= 0.3 is 0 Å². The van der Waals surface area contributed by atoms with E-state index in [1.54, 1.807) is 14.2 Å². The Balaban J connectivity index is 2.71. The third-order valence-electron chi connectivity index (χ3n) is 2.08. The first-order valence-corrected chi connectivity index (χ1v) is 4.57. The fraction of sp³-hybridized carbons (Fsp3) is 0.455. The van der Waals surface area contributed by atoms with Crippen LogP contribution < -0.4 is 0 Å². The Morgan fingerprint density at radius 3 is 2.14 bits per heavy atom. The van der Waals surface area contributed by atoms with Crippen LogP contribution in [0.5, 0.6) is 0 Å². The fourth-order valence-corrected chi connectivity index (χ4v) is 1.34. The lowest BCUT2D eigenvalue weighted by Gasteiger charge is -2.13. The summed E-state index contributed by atoms with van der Waals surface area (Å²) in [5.74, 6) is 0. The molecule has 0 amide bonds. The molecule has 3 heteroatoms. The number of ether oxygens (including phenoxy) is 2. The van der Waals surface area contributed by atoms with E-state index in [4.69, 9.17) is 14.6 Å². The molecule has 0 aliphatic carbocycles. The van der Waals surface area contributed by atoms with Crippen molar-refractivity contribution in [3.8, 4) is 0 Å². The van der Waals surface area contributed by atoms with Crippen molar-refractivity contribution in [3.63, 3.8) is 0 Å². The number of aliphatic hydroxyl groups is 1. The van der Waals surface area contributed by atoms with Gasteiger partial charge in [0.2, 0.25) is 0 Å². The summed E-state index contributed by atoms with van der Waals surface area (Å²) in [4.78, 5) is 0. The highest BCUT2D eigenvalue weighted by Gasteiger charge is 2.07. The third kappa shape index (κ3) is 2.80. The first-order valence-electron chi connectivity index (χ1n) is 4.57. The Hall–Kier alpha value is -0.900. The standard InChI is InChI=1S/C11H16O3/c1-13-11(14-2)10-5-3-9(4-6-10)7-8-12/h3-6,11-12H,7-8H2,1-2H3. The SMILES string of the molecule is COC(OC)c1ccc(CCO)cc1. The van der Waals surface area contributed by atoms with E-state index >= 15 is 0 Å². The van der Waals surface area contributed by atoms with E-state index < -0.39 is 0 Å². The van der Waals surface area contributed by atoms with Crippen molar-refractivity contribution in [2.45, 2.75) is 12.7 Å². The van der Waals surface area contributed by atoms with Gasteiger partial charge in [-0.3, -0.25) is 0 Å². The molecule has 0 atom stereocenters. The summed E-state index contributed by atoms with van der Waals surface area (Å²) in [6, 6.07) is 7.83. The van der Waals surface area contributed by atoms with Gasteiger partial charge in [0, 0.05) is 26.4 Å². The minimum atomic E-state index is -0.307. The average Bonchev–Trinajstić information content (AvgIpc) is 2.23. The molecule has 0 unspecified atom stereocenters. The summed E-state index contributed by atoms with van der Waals surface area (Å²) < 4.78 is 10.2. The van der Waals surface area contributed by atoms with Crippen LogP contribution in [0.1, 0.15) is 17.4 Å². The number of rotatable bonds is 5. The highest BCUT2D eigenvalue weighted by Crippen LogP contribution is 2.17. The lowest BCUT2D eigenvalue weighted by Crippen LogP contribution is -2.03. The highest BCUT2D eigenvalue weighted by atomic mass is 16.7. The van der Waals surface area contributed by atoms with E-state index in [0.717, 1.165) is 11.1 Å². The van der Waals surface area contributed by atoms with Crippen molar-refractivity contribution in [2.24, 2.45) is 0 Å². The number of benzene rings is 1. The van der Waals surface area contributed by atoms with Crippen molar-refractivity contribution < 1.29 is 14.6 Å². The molecule has 1 N–H and O–H groups in total. The van der Waals surface area contributed by atoms with Gasteiger partial charge in [0.25, 0.3) is 0 Å². The van der Waals surface area contributed by atoms with Crippen LogP contribution in [0.15, 0.2) is 24.3 Å². The average molecular weight is 196 g/mol. The Labute approximate surface area is 84.3 Å². The maximum Gasteiger partial charge on any atom is 0.183 e. The van der Waals surface area contributed by atoms with Crippen LogP contribution in [0.2, 0.25) is 0 Å². The van der Waals surface area contributed by atoms with Crippen molar-refractivity contribution in [1.82, 2.24) is 0 Å². The highest BCUT2D eigenvalue weighted by molar-refractivity contribution is 5.23. The molecule has 1 aromatic rings. The van der Waals surface area contributed by atoms with Crippen LogP contribution in [0.25, 0.3) is 0 Å². The predicted molar refractivity (Wildman–Crippen MR) is 54.0 cm³/mol. The van der Waals surface area contributed by atoms with E-state index in [-0.39, 0.29) is 12.9 Å². The van der Waals surface area contributed by atoms with Crippen LogP contribution in [-0.4, -0.2) is 25.9 Å². The molecule has 14 heavy (non-hydrogen) atoms. The Bertz CT molecular complexity index is 252. The smallest absolute Gasteiger partial charge is 0.183 e. The lowest BCUT2D eigenvalue weighted by molar-refractivity contribution is -0.106. The normalized spacial score (nSPS) is 10.9. The minimum Gasteiger partial charge on any atom is -0.396 e. The second-order valence-corrected chi connectivity index (χ2v) is 3.02. The van der Waals surface area contributed by atoms with Crippen LogP contribution >= 0.6 is 0 Å². The van der Waals surface area contributed by atoms with Crippen LogP contribution in [-0.2, 0) is 15.9 Å².